The first-order valence-corrected chi connectivity index (χ1v) is 11.7. The van der Waals surface area contributed by atoms with Crippen molar-refractivity contribution in [3.63, 3.8) is 0 Å². The highest BCUT2D eigenvalue weighted by Crippen LogP contribution is 2.22. The van der Waals surface area contributed by atoms with Gasteiger partial charge in [-0.2, -0.15) is 4.31 Å². The van der Waals surface area contributed by atoms with Crippen LogP contribution in [-0.4, -0.2) is 86.3 Å². The molecule has 3 fully saturated rings. The van der Waals surface area contributed by atoms with Crippen molar-refractivity contribution in [2.45, 2.75) is 36.7 Å². The molecule has 3 heterocycles. The number of benzene rings is 1. The summed E-state index contributed by atoms with van der Waals surface area (Å²) in [4.78, 5) is 29.0. The van der Waals surface area contributed by atoms with Crippen LogP contribution < -0.4 is 0 Å². The second-order valence-electron chi connectivity index (χ2n) is 7.76. The first kappa shape index (κ1) is 20.3. The molecule has 0 aromatic heterocycles. The third kappa shape index (κ3) is 4.17. The lowest BCUT2D eigenvalue weighted by atomic mass is 10.1. The van der Waals surface area contributed by atoms with E-state index in [1.165, 1.54) is 10.4 Å². The second kappa shape index (κ2) is 8.41. The minimum absolute atomic E-state index is 0.00769. The van der Waals surface area contributed by atoms with Gasteiger partial charge in [0.1, 0.15) is 6.10 Å². The average molecular weight is 422 g/mol. The molecule has 1 aromatic rings. The summed E-state index contributed by atoms with van der Waals surface area (Å²) < 4.78 is 32.5. The fourth-order valence-electron chi connectivity index (χ4n) is 4.16. The standard InChI is InChI=1S/C20H27N3O5S/c24-19(21-10-12-22(13-11-21)20(25)18-7-4-14-28-18)16-5-3-6-17(15-16)29(26,27)23-8-1-2-9-23/h3,5-6,15,18H,1-2,4,7-14H2/t18-/m1/s1. The van der Waals surface area contributed by atoms with Crippen LogP contribution in [0.5, 0.6) is 0 Å². The van der Waals surface area contributed by atoms with Gasteiger partial charge in [0, 0.05) is 51.4 Å². The molecule has 4 rings (SSSR count). The van der Waals surface area contributed by atoms with Crippen molar-refractivity contribution in [3.8, 4) is 0 Å². The first-order chi connectivity index (χ1) is 14.0. The summed E-state index contributed by atoms with van der Waals surface area (Å²) in [5.74, 6) is -0.194. The Morgan fingerprint density at radius 3 is 2.28 bits per heavy atom. The summed E-state index contributed by atoms with van der Waals surface area (Å²) in [6, 6.07) is 6.28. The zero-order valence-electron chi connectivity index (χ0n) is 16.5. The molecule has 1 aromatic carbocycles. The number of piperazine rings is 1. The predicted molar refractivity (Wildman–Crippen MR) is 106 cm³/mol. The molecule has 3 aliphatic rings. The molecule has 2 amide bonds. The summed E-state index contributed by atoms with van der Waals surface area (Å²) in [6.07, 6.45) is 3.06. The van der Waals surface area contributed by atoms with Gasteiger partial charge in [0.2, 0.25) is 10.0 Å². The topological polar surface area (TPSA) is 87.2 Å². The Balaban J connectivity index is 1.41. The molecule has 3 saturated heterocycles. The molecule has 0 spiro atoms. The smallest absolute Gasteiger partial charge is 0.254 e. The molecule has 0 unspecified atom stereocenters. The van der Waals surface area contributed by atoms with Crippen LogP contribution in [0.1, 0.15) is 36.0 Å². The van der Waals surface area contributed by atoms with Crippen LogP contribution in [0, 0.1) is 0 Å². The molecule has 3 aliphatic heterocycles. The quantitative estimate of drug-likeness (QED) is 0.722. The third-order valence-corrected chi connectivity index (χ3v) is 7.76. The Labute approximate surface area is 171 Å². The van der Waals surface area contributed by atoms with E-state index in [-0.39, 0.29) is 22.8 Å². The zero-order chi connectivity index (χ0) is 20.4. The van der Waals surface area contributed by atoms with Crippen LogP contribution in [0.3, 0.4) is 0 Å². The number of nitrogens with zero attached hydrogens (tertiary/aromatic N) is 3. The molecule has 0 N–H and O–H groups in total. The largest absolute Gasteiger partial charge is 0.368 e. The summed E-state index contributed by atoms with van der Waals surface area (Å²) in [6.45, 7) is 3.49. The van der Waals surface area contributed by atoms with Crippen molar-refractivity contribution in [3.05, 3.63) is 29.8 Å². The molecule has 8 nitrogen and oxygen atoms in total. The molecule has 29 heavy (non-hydrogen) atoms. The molecule has 0 radical (unpaired) electrons. The molecule has 0 saturated carbocycles. The van der Waals surface area contributed by atoms with E-state index in [1.807, 2.05) is 0 Å². The molecule has 1 atom stereocenters. The van der Waals surface area contributed by atoms with Gasteiger partial charge < -0.3 is 14.5 Å². The van der Waals surface area contributed by atoms with E-state index < -0.39 is 10.0 Å². The number of carbonyl (C=O) groups is 2. The highest BCUT2D eigenvalue weighted by Gasteiger charge is 2.32. The van der Waals surface area contributed by atoms with Crippen LogP contribution in [0.25, 0.3) is 0 Å². The van der Waals surface area contributed by atoms with Crippen molar-refractivity contribution in [1.82, 2.24) is 14.1 Å². The van der Waals surface area contributed by atoms with E-state index in [1.54, 1.807) is 28.0 Å². The molecule has 158 valence electrons. The van der Waals surface area contributed by atoms with Gasteiger partial charge >= 0.3 is 0 Å². The van der Waals surface area contributed by atoms with Crippen LogP contribution in [0.4, 0.5) is 0 Å². The first-order valence-electron chi connectivity index (χ1n) is 10.3. The summed E-state index contributed by atoms with van der Waals surface area (Å²) in [5.41, 5.74) is 0.365. The Bertz CT molecular complexity index is 868. The van der Waals surface area contributed by atoms with Gasteiger partial charge in [-0.25, -0.2) is 8.42 Å². The molecular weight excluding hydrogens is 394 g/mol. The number of sulfonamides is 1. The lowest BCUT2D eigenvalue weighted by Gasteiger charge is -2.35. The number of carbonyl (C=O) groups excluding carboxylic acids is 2. The van der Waals surface area contributed by atoms with Gasteiger partial charge in [-0.3, -0.25) is 9.59 Å². The van der Waals surface area contributed by atoms with Crippen molar-refractivity contribution < 1.29 is 22.7 Å². The zero-order valence-corrected chi connectivity index (χ0v) is 17.3. The van der Waals surface area contributed by atoms with E-state index >= 15 is 0 Å². The molecule has 9 heteroatoms. The van der Waals surface area contributed by atoms with Crippen molar-refractivity contribution in [1.29, 1.82) is 0 Å². The number of ether oxygens (including phenoxy) is 1. The maximum absolute atomic E-state index is 12.9. The van der Waals surface area contributed by atoms with Crippen molar-refractivity contribution >= 4 is 21.8 Å². The Kier molecular flexibility index (Phi) is 5.89. The summed E-state index contributed by atoms with van der Waals surface area (Å²) >= 11 is 0. The number of amides is 2. The second-order valence-corrected chi connectivity index (χ2v) is 9.70. The molecular formula is C20H27N3O5S. The lowest BCUT2D eigenvalue weighted by molar-refractivity contribution is -0.142. The average Bonchev–Trinajstić information content (AvgIpc) is 3.47. The Morgan fingerprint density at radius 1 is 0.931 bits per heavy atom. The summed E-state index contributed by atoms with van der Waals surface area (Å²) in [5, 5.41) is 0. The van der Waals surface area contributed by atoms with Gasteiger partial charge in [0.05, 0.1) is 4.90 Å². The third-order valence-electron chi connectivity index (χ3n) is 5.87. The SMILES string of the molecule is O=C(c1cccc(S(=O)(=O)N2CCCC2)c1)N1CCN(C(=O)[C@H]2CCCO2)CC1. The van der Waals surface area contributed by atoms with Gasteiger partial charge in [-0.1, -0.05) is 6.07 Å². The van der Waals surface area contributed by atoms with Crippen LogP contribution >= 0.6 is 0 Å². The fourth-order valence-corrected chi connectivity index (χ4v) is 5.72. The van der Waals surface area contributed by atoms with Crippen molar-refractivity contribution in [2.75, 3.05) is 45.9 Å². The van der Waals surface area contributed by atoms with E-state index in [4.69, 9.17) is 4.74 Å². The highest BCUT2D eigenvalue weighted by molar-refractivity contribution is 7.89. The van der Waals surface area contributed by atoms with Crippen LogP contribution in [-0.2, 0) is 19.6 Å². The van der Waals surface area contributed by atoms with Gasteiger partial charge in [0.25, 0.3) is 11.8 Å². The van der Waals surface area contributed by atoms with Gasteiger partial charge in [-0.05, 0) is 43.9 Å². The highest BCUT2D eigenvalue weighted by atomic mass is 32.2. The normalized spacial score (nSPS) is 23.5. The van der Waals surface area contributed by atoms with Gasteiger partial charge in [0.15, 0.2) is 0 Å². The fraction of sp³-hybridized carbons (Fsp3) is 0.600. The minimum atomic E-state index is -3.56. The maximum atomic E-state index is 12.9. The monoisotopic (exact) mass is 421 g/mol. The lowest BCUT2D eigenvalue weighted by Crippen LogP contribution is -2.52. The Morgan fingerprint density at radius 2 is 1.62 bits per heavy atom. The van der Waals surface area contributed by atoms with Crippen molar-refractivity contribution in [2.24, 2.45) is 0 Å². The molecule has 0 bridgehead atoms. The van der Waals surface area contributed by atoms with E-state index in [0.717, 1.165) is 25.7 Å². The Hall–Kier alpha value is -1.97. The van der Waals surface area contributed by atoms with E-state index in [9.17, 15) is 18.0 Å². The van der Waals surface area contributed by atoms with Crippen LogP contribution in [0.15, 0.2) is 29.2 Å². The number of hydrogen-bond donors (Lipinski definition) is 0. The molecule has 0 aliphatic carbocycles. The predicted octanol–water partition coefficient (Wildman–Crippen LogP) is 0.934. The van der Waals surface area contributed by atoms with Gasteiger partial charge in [-0.15, -0.1) is 0 Å². The van der Waals surface area contributed by atoms with E-state index in [2.05, 4.69) is 0 Å². The number of rotatable bonds is 4. The number of hydrogen-bond acceptors (Lipinski definition) is 5. The summed E-state index contributed by atoms with van der Waals surface area (Å²) in [7, 11) is -3.56. The van der Waals surface area contributed by atoms with E-state index in [0.29, 0.717) is 51.4 Å². The maximum Gasteiger partial charge on any atom is 0.254 e. The van der Waals surface area contributed by atoms with Crippen LogP contribution in [0.2, 0.25) is 0 Å². The minimum Gasteiger partial charge on any atom is -0.368 e.